The van der Waals surface area contributed by atoms with Crippen molar-refractivity contribution in [1.29, 1.82) is 0 Å². The van der Waals surface area contributed by atoms with E-state index in [0.29, 0.717) is 11.4 Å². The number of benzene rings is 1. The second-order valence-corrected chi connectivity index (χ2v) is 5.16. The molecule has 1 fully saturated rings. The molecule has 3 N–H and O–H groups in total. The maximum atomic E-state index is 11.8. The minimum Gasteiger partial charge on any atom is -0.347 e. The SMILES string of the molecule is CC(=O)Nc1cccc(NC(=O)CNC(=O)C2CCC2)c1. The maximum absolute atomic E-state index is 11.8. The van der Waals surface area contributed by atoms with E-state index in [1.807, 2.05) is 0 Å². The molecule has 3 amide bonds. The van der Waals surface area contributed by atoms with Gasteiger partial charge in [-0.25, -0.2) is 0 Å². The molecule has 0 heterocycles. The summed E-state index contributed by atoms with van der Waals surface area (Å²) >= 11 is 0. The van der Waals surface area contributed by atoms with E-state index in [-0.39, 0.29) is 30.2 Å². The lowest BCUT2D eigenvalue weighted by molar-refractivity contribution is -0.129. The van der Waals surface area contributed by atoms with Crippen molar-refractivity contribution in [3.63, 3.8) is 0 Å². The number of carbonyl (C=O) groups excluding carboxylic acids is 3. The van der Waals surface area contributed by atoms with Crippen LogP contribution in [0.1, 0.15) is 26.2 Å². The summed E-state index contributed by atoms with van der Waals surface area (Å²) in [6, 6.07) is 6.84. The Bertz CT molecular complexity index is 553. The van der Waals surface area contributed by atoms with Crippen molar-refractivity contribution in [1.82, 2.24) is 5.32 Å². The first kappa shape index (κ1) is 15.0. The summed E-state index contributed by atoms with van der Waals surface area (Å²) in [6.45, 7) is 1.38. The molecule has 6 nitrogen and oxygen atoms in total. The van der Waals surface area contributed by atoms with Gasteiger partial charge in [0, 0.05) is 24.2 Å². The number of rotatable bonds is 5. The molecule has 112 valence electrons. The fourth-order valence-corrected chi connectivity index (χ4v) is 2.07. The Kier molecular flexibility index (Phi) is 4.92. The summed E-state index contributed by atoms with van der Waals surface area (Å²) in [7, 11) is 0. The van der Waals surface area contributed by atoms with Crippen LogP contribution in [0.15, 0.2) is 24.3 Å². The van der Waals surface area contributed by atoms with Crippen molar-refractivity contribution in [3.05, 3.63) is 24.3 Å². The average Bonchev–Trinajstić information content (AvgIpc) is 2.34. The van der Waals surface area contributed by atoms with E-state index in [2.05, 4.69) is 16.0 Å². The van der Waals surface area contributed by atoms with Gasteiger partial charge in [-0.2, -0.15) is 0 Å². The summed E-state index contributed by atoms with van der Waals surface area (Å²) in [6.07, 6.45) is 2.90. The standard InChI is InChI=1S/C15H19N3O3/c1-10(19)17-12-6-3-7-13(8-12)18-14(20)9-16-15(21)11-4-2-5-11/h3,6-8,11H,2,4-5,9H2,1H3,(H,16,21)(H,17,19)(H,18,20). The van der Waals surface area contributed by atoms with E-state index < -0.39 is 0 Å². The normalized spacial score (nSPS) is 14.0. The van der Waals surface area contributed by atoms with Gasteiger partial charge in [-0.15, -0.1) is 0 Å². The largest absolute Gasteiger partial charge is 0.347 e. The van der Waals surface area contributed by atoms with Crippen molar-refractivity contribution in [3.8, 4) is 0 Å². The quantitative estimate of drug-likeness (QED) is 0.767. The molecule has 0 saturated heterocycles. The summed E-state index contributed by atoms with van der Waals surface area (Å²) in [5, 5.41) is 7.95. The third-order valence-corrected chi connectivity index (χ3v) is 3.37. The first-order valence-electron chi connectivity index (χ1n) is 7.00. The van der Waals surface area contributed by atoms with Crippen molar-refractivity contribution in [2.24, 2.45) is 5.92 Å². The maximum Gasteiger partial charge on any atom is 0.243 e. The van der Waals surface area contributed by atoms with Crippen molar-refractivity contribution in [2.45, 2.75) is 26.2 Å². The smallest absolute Gasteiger partial charge is 0.243 e. The van der Waals surface area contributed by atoms with Gasteiger partial charge in [-0.1, -0.05) is 12.5 Å². The molecule has 1 aliphatic carbocycles. The van der Waals surface area contributed by atoms with E-state index >= 15 is 0 Å². The van der Waals surface area contributed by atoms with Gasteiger partial charge < -0.3 is 16.0 Å². The lowest BCUT2D eigenvalue weighted by Crippen LogP contribution is -2.39. The monoisotopic (exact) mass is 289 g/mol. The van der Waals surface area contributed by atoms with E-state index in [1.54, 1.807) is 24.3 Å². The third kappa shape index (κ3) is 4.59. The van der Waals surface area contributed by atoms with Gasteiger partial charge in [0.05, 0.1) is 6.54 Å². The van der Waals surface area contributed by atoms with E-state index in [1.165, 1.54) is 6.92 Å². The van der Waals surface area contributed by atoms with Gasteiger partial charge in [-0.3, -0.25) is 14.4 Å². The summed E-state index contributed by atoms with van der Waals surface area (Å²) < 4.78 is 0. The van der Waals surface area contributed by atoms with Crippen LogP contribution in [0, 0.1) is 5.92 Å². The van der Waals surface area contributed by atoms with Crippen LogP contribution in [0.25, 0.3) is 0 Å². The number of anilines is 2. The van der Waals surface area contributed by atoms with Crippen LogP contribution in [-0.4, -0.2) is 24.3 Å². The Morgan fingerprint density at radius 2 is 1.81 bits per heavy atom. The lowest BCUT2D eigenvalue weighted by atomic mass is 9.85. The number of hydrogen-bond donors (Lipinski definition) is 3. The predicted molar refractivity (Wildman–Crippen MR) is 79.7 cm³/mol. The summed E-state index contributed by atoms with van der Waals surface area (Å²) in [4.78, 5) is 34.4. The predicted octanol–water partition coefficient (Wildman–Crippen LogP) is 1.50. The first-order valence-corrected chi connectivity index (χ1v) is 7.00. The highest BCUT2D eigenvalue weighted by molar-refractivity contribution is 5.96. The molecule has 2 rings (SSSR count). The van der Waals surface area contributed by atoms with Crippen molar-refractivity contribution in [2.75, 3.05) is 17.2 Å². The molecular weight excluding hydrogens is 270 g/mol. The number of amides is 3. The lowest BCUT2D eigenvalue weighted by Gasteiger charge is -2.23. The molecule has 0 aromatic heterocycles. The molecule has 1 aromatic rings. The van der Waals surface area contributed by atoms with Gasteiger partial charge in [0.1, 0.15) is 0 Å². The highest BCUT2D eigenvalue weighted by atomic mass is 16.2. The van der Waals surface area contributed by atoms with Crippen LogP contribution >= 0.6 is 0 Å². The van der Waals surface area contributed by atoms with Gasteiger partial charge >= 0.3 is 0 Å². The molecule has 1 saturated carbocycles. The fraction of sp³-hybridized carbons (Fsp3) is 0.400. The molecule has 0 atom stereocenters. The summed E-state index contributed by atoms with van der Waals surface area (Å²) in [5.41, 5.74) is 1.18. The molecule has 0 aliphatic heterocycles. The topological polar surface area (TPSA) is 87.3 Å². The van der Waals surface area contributed by atoms with Crippen molar-refractivity contribution >= 4 is 29.1 Å². The average molecular weight is 289 g/mol. The van der Waals surface area contributed by atoms with E-state index in [9.17, 15) is 14.4 Å². The molecule has 1 aliphatic rings. The fourth-order valence-electron chi connectivity index (χ4n) is 2.07. The van der Waals surface area contributed by atoms with Gasteiger partial charge in [-0.05, 0) is 31.0 Å². The zero-order valence-corrected chi connectivity index (χ0v) is 11.9. The molecule has 6 heteroatoms. The van der Waals surface area contributed by atoms with Crippen LogP contribution in [0.4, 0.5) is 11.4 Å². The van der Waals surface area contributed by atoms with Crippen LogP contribution in [0.2, 0.25) is 0 Å². The minimum absolute atomic E-state index is 0.0420. The molecule has 21 heavy (non-hydrogen) atoms. The third-order valence-electron chi connectivity index (χ3n) is 3.37. The van der Waals surface area contributed by atoms with Gasteiger partial charge in [0.15, 0.2) is 0 Å². The molecule has 0 bridgehead atoms. The number of carbonyl (C=O) groups is 3. The van der Waals surface area contributed by atoms with Crippen LogP contribution < -0.4 is 16.0 Å². The molecule has 0 unspecified atom stereocenters. The van der Waals surface area contributed by atoms with E-state index in [4.69, 9.17) is 0 Å². The van der Waals surface area contributed by atoms with Gasteiger partial charge in [0.25, 0.3) is 0 Å². The molecular formula is C15H19N3O3. The molecule has 0 radical (unpaired) electrons. The Hall–Kier alpha value is -2.37. The van der Waals surface area contributed by atoms with Crippen LogP contribution in [0.3, 0.4) is 0 Å². The van der Waals surface area contributed by atoms with Gasteiger partial charge in [0.2, 0.25) is 17.7 Å². The van der Waals surface area contributed by atoms with Crippen molar-refractivity contribution < 1.29 is 14.4 Å². The number of hydrogen-bond acceptors (Lipinski definition) is 3. The second-order valence-electron chi connectivity index (χ2n) is 5.16. The first-order chi connectivity index (χ1) is 10.0. The minimum atomic E-state index is -0.289. The Morgan fingerprint density at radius 3 is 2.38 bits per heavy atom. The zero-order chi connectivity index (χ0) is 15.2. The van der Waals surface area contributed by atoms with Crippen LogP contribution in [-0.2, 0) is 14.4 Å². The van der Waals surface area contributed by atoms with E-state index in [0.717, 1.165) is 19.3 Å². The second kappa shape index (κ2) is 6.88. The molecule has 0 spiro atoms. The Morgan fingerprint density at radius 1 is 1.14 bits per heavy atom. The molecule has 1 aromatic carbocycles. The Labute approximate surface area is 123 Å². The highest BCUT2D eigenvalue weighted by Gasteiger charge is 2.25. The number of nitrogens with one attached hydrogen (secondary N) is 3. The Balaban J connectivity index is 1.81. The highest BCUT2D eigenvalue weighted by Crippen LogP contribution is 2.26. The summed E-state index contributed by atoms with van der Waals surface area (Å²) in [5.74, 6) is -0.446. The van der Waals surface area contributed by atoms with Crippen LogP contribution in [0.5, 0.6) is 0 Å². The zero-order valence-electron chi connectivity index (χ0n) is 11.9.